The Kier molecular flexibility index (Phi) is 5.41. The molecule has 0 aromatic rings. The molecule has 0 spiro atoms. The van der Waals surface area contributed by atoms with E-state index in [1.165, 1.54) is 0 Å². The number of nitrogens with one attached hydrogen (secondary N) is 2. The normalized spacial score (nSPS) is 27.9. The minimum atomic E-state index is -0.295. The van der Waals surface area contributed by atoms with E-state index < -0.39 is 0 Å². The third-order valence-electron chi connectivity index (χ3n) is 3.58. The summed E-state index contributed by atoms with van der Waals surface area (Å²) in [6, 6.07) is -0.295. The molecule has 6 heteroatoms. The van der Waals surface area contributed by atoms with Gasteiger partial charge in [0.2, 0.25) is 11.8 Å². The van der Waals surface area contributed by atoms with E-state index in [1.807, 2.05) is 13.8 Å². The molecule has 2 amide bonds. The van der Waals surface area contributed by atoms with E-state index >= 15 is 0 Å². The number of carbonyl (C=O) groups excluding carboxylic acids is 2. The molecule has 2 unspecified atom stereocenters. The van der Waals surface area contributed by atoms with Gasteiger partial charge in [-0.3, -0.25) is 9.59 Å². The van der Waals surface area contributed by atoms with Crippen LogP contribution in [-0.4, -0.2) is 48.9 Å². The molecule has 0 aromatic carbocycles. The summed E-state index contributed by atoms with van der Waals surface area (Å²) >= 11 is 0. The SMILES string of the molecule is CC(C)C1C(=O)NCCN1C(=O)C1CCNC1.Cl. The van der Waals surface area contributed by atoms with E-state index in [2.05, 4.69) is 10.6 Å². The Morgan fingerprint density at radius 3 is 2.67 bits per heavy atom. The first kappa shape index (κ1) is 15.2. The van der Waals surface area contributed by atoms with E-state index in [0.29, 0.717) is 13.1 Å². The van der Waals surface area contributed by atoms with Crippen LogP contribution >= 0.6 is 12.4 Å². The number of nitrogens with zero attached hydrogens (tertiary/aromatic N) is 1. The first-order valence-corrected chi connectivity index (χ1v) is 6.40. The van der Waals surface area contributed by atoms with Crippen molar-refractivity contribution in [1.82, 2.24) is 15.5 Å². The van der Waals surface area contributed by atoms with Crippen molar-refractivity contribution in [2.24, 2.45) is 11.8 Å². The molecule has 2 atom stereocenters. The third kappa shape index (κ3) is 2.95. The Bertz CT molecular complexity index is 316. The lowest BCUT2D eigenvalue weighted by Gasteiger charge is -2.38. The molecule has 0 bridgehead atoms. The van der Waals surface area contributed by atoms with Gasteiger partial charge in [0.25, 0.3) is 0 Å². The van der Waals surface area contributed by atoms with Gasteiger partial charge in [-0.05, 0) is 18.9 Å². The fourth-order valence-electron chi connectivity index (χ4n) is 2.69. The second-order valence-corrected chi connectivity index (χ2v) is 5.20. The minimum absolute atomic E-state index is 0. The Balaban J connectivity index is 0.00000162. The molecule has 0 aromatic heterocycles. The zero-order valence-electron chi connectivity index (χ0n) is 10.9. The molecule has 2 saturated heterocycles. The van der Waals surface area contributed by atoms with Crippen molar-refractivity contribution in [3.8, 4) is 0 Å². The largest absolute Gasteiger partial charge is 0.353 e. The molecular weight excluding hydrogens is 254 g/mol. The summed E-state index contributed by atoms with van der Waals surface area (Å²) < 4.78 is 0. The predicted octanol–water partition coefficient (Wildman–Crippen LogP) is 0.000700. The number of carbonyl (C=O) groups is 2. The molecule has 5 nitrogen and oxygen atoms in total. The Hall–Kier alpha value is -0.810. The predicted molar refractivity (Wildman–Crippen MR) is 71.6 cm³/mol. The van der Waals surface area contributed by atoms with E-state index in [9.17, 15) is 9.59 Å². The molecule has 0 radical (unpaired) electrons. The molecule has 18 heavy (non-hydrogen) atoms. The van der Waals surface area contributed by atoms with E-state index in [0.717, 1.165) is 19.5 Å². The van der Waals surface area contributed by atoms with Crippen LogP contribution in [0.2, 0.25) is 0 Å². The summed E-state index contributed by atoms with van der Waals surface area (Å²) in [5.41, 5.74) is 0. The molecule has 0 saturated carbocycles. The van der Waals surface area contributed by atoms with Gasteiger partial charge >= 0.3 is 0 Å². The van der Waals surface area contributed by atoms with Gasteiger partial charge in [-0.2, -0.15) is 0 Å². The second-order valence-electron chi connectivity index (χ2n) is 5.20. The van der Waals surface area contributed by atoms with Gasteiger partial charge in [-0.1, -0.05) is 13.8 Å². The molecule has 2 aliphatic heterocycles. The highest BCUT2D eigenvalue weighted by atomic mass is 35.5. The number of halogens is 1. The van der Waals surface area contributed by atoms with Gasteiger partial charge in [0.1, 0.15) is 6.04 Å². The van der Waals surface area contributed by atoms with Crippen LogP contribution < -0.4 is 10.6 Å². The average Bonchev–Trinajstić information content (AvgIpc) is 2.80. The summed E-state index contributed by atoms with van der Waals surface area (Å²) in [6.45, 7) is 6.86. The van der Waals surface area contributed by atoms with Gasteiger partial charge in [0, 0.05) is 19.6 Å². The van der Waals surface area contributed by atoms with Crippen LogP contribution in [0.4, 0.5) is 0 Å². The first-order valence-electron chi connectivity index (χ1n) is 6.40. The summed E-state index contributed by atoms with van der Waals surface area (Å²) in [5, 5.41) is 6.04. The molecule has 2 fully saturated rings. The number of hydrogen-bond donors (Lipinski definition) is 2. The van der Waals surface area contributed by atoms with E-state index in [-0.39, 0.29) is 42.1 Å². The van der Waals surface area contributed by atoms with Crippen LogP contribution in [0.15, 0.2) is 0 Å². The lowest BCUT2D eigenvalue weighted by molar-refractivity contribution is -0.147. The van der Waals surface area contributed by atoms with Gasteiger partial charge in [0.05, 0.1) is 5.92 Å². The smallest absolute Gasteiger partial charge is 0.243 e. The van der Waals surface area contributed by atoms with Crippen molar-refractivity contribution in [3.05, 3.63) is 0 Å². The minimum Gasteiger partial charge on any atom is -0.353 e. The van der Waals surface area contributed by atoms with Crippen molar-refractivity contribution in [2.45, 2.75) is 26.3 Å². The van der Waals surface area contributed by atoms with Gasteiger partial charge in [-0.25, -0.2) is 0 Å². The Morgan fingerprint density at radius 2 is 2.11 bits per heavy atom. The molecule has 2 rings (SSSR count). The Morgan fingerprint density at radius 1 is 1.39 bits per heavy atom. The van der Waals surface area contributed by atoms with Crippen molar-refractivity contribution in [2.75, 3.05) is 26.2 Å². The number of amides is 2. The third-order valence-corrected chi connectivity index (χ3v) is 3.58. The highest BCUT2D eigenvalue weighted by Gasteiger charge is 2.38. The van der Waals surface area contributed by atoms with E-state index in [4.69, 9.17) is 0 Å². The summed E-state index contributed by atoms with van der Waals surface area (Å²) in [7, 11) is 0. The quantitative estimate of drug-likeness (QED) is 0.746. The number of rotatable bonds is 2. The van der Waals surface area contributed by atoms with E-state index in [1.54, 1.807) is 4.90 Å². The van der Waals surface area contributed by atoms with Crippen LogP contribution in [-0.2, 0) is 9.59 Å². The average molecular weight is 276 g/mol. The molecular formula is C12H22ClN3O2. The van der Waals surface area contributed by atoms with Crippen LogP contribution in [0.5, 0.6) is 0 Å². The van der Waals surface area contributed by atoms with Gasteiger partial charge in [0.15, 0.2) is 0 Å². The maximum Gasteiger partial charge on any atom is 0.243 e. The molecule has 2 N–H and O–H groups in total. The topological polar surface area (TPSA) is 61.4 Å². The maximum atomic E-state index is 12.4. The van der Waals surface area contributed by atoms with Crippen LogP contribution in [0.1, 0.15) is 20.3 Å². The summed E-state index contributed by atoms with van der Waals surface area (Å²) in [5.74, 6) is 0.352. The summed E-state index contributed by atoms with van der Waals surface area (Å²) in [4.78, 5) is 26.0. The molecule has 104 valence electrons. The van der Waals surface area contributed by atoms with Gasteiger partial charge in [-0.15, -0.1) is 12.4 Å². The van der Waals surface area contributed by atoms with Crippen molar-refractivity contribution < 1.29 is 9.59 Å². The molecule has 2 aliphatic rings. The fourth-order valence-corrected chi connectivity index (χ4v) is 2.69. The highest BCUT2D eigenvalue weighted by molar-refractivity contribution is 5.90. The van der Waals surface area contributed by atoms with Crippen molar-refractivity contribution in [3.63, 3.8) is 0 Å². The zero-order valence-corrected chi connectivity index (χ0v) is 11.8. The number of hydrogen-bond acceptors (Lipinski definition) is 3. The lowest BCUT2D eigenvalue weighted by Crippen LogP contribution is -2.60. The maximum absolute atomic E-state index is 12.4. The van der Waals surface area contributed by atoms with Gasteiger partial charge < -0.3 is 15.5 Å². The number of piperazine rings is 1. The van der Waals surface area contributed by atoms with Crippen molar-refractivity contribution >= 4 is 24.2 Å². The van der Waals surface area contributed by atoms with Crippen LogP contribution in [0, 0.1) is 11.8 Å². The molecule has 2 heterocycles. The second kappa shape index (κ2) is 6.38. The zero-order chi connectivity index (χ0) is 12.4. The lowest BCUT2D eigenvalue weighted by atomic mass is 9.97. The standard InChI is InChI=1S/C12H21N3O2.ClH/c1-8(2)10-11(16)14-5-6-15(10)12(17)9-3-4-13-7-9;/h8-10,13H,3-7H2,1-2H3,(H,14,16);1H. The van der Waals surface area contributed by atoms with Crippen molar-refractivity contribution in [1.29, 1.82) is 0 Å². The highest BCUT2D eigenvalue weighted by Crippen LogP contribution is 2.19. The monoisotopic (exact) mass is 275 g/mol. The summed E-state index contributed by atoms with van der Waals surface area (Å²) in [6.07, 6.45) is 0.891. The Labute approximate surface area is 114 Å². The fraction of sp³-hybridized carbons (Fsp3) is 0.833. The van der Waals surface area contributed by atoms with Crippen LogP contribution in [0.25, 0.3) is 0 Å². The van der Waals surface area contributed by atoms with Crippen LogP contribution in [0.3, 0.4) is 0 Å². The molecule has 0 aliphatic carbocycles. The first-order chi connectivity index (χ1) is 8.11.